The summed E-state index contributed by atoms with van der Waals surface area (Å²) in [5, 5.41) is 16.6. The molecule has 0 amide bonds. The van der Waals surface area contributed by atoms with Crippen molar-refractivity contribution in [3.05, 3.63) is 46.1 Å². The van der Waals surface area contributed by atoms with Crippen molar-refractivity contribution in [3.63, 3.8) is 0 Å². The third-order valence-electron chi connectivity index (χ3n) is 3.92. The van der Waals surface area contributed by atoms with Crippen LogP contribution in [-0.2, 0) is 0 Å². The first kappa shape index (κ1) is 15.1. The molecule has 3 rings (SSSR count). The number of nitrogens with zero attached hydrogens (tertiary/aromatic N) is 2. The van der Waals surface area contributed by atoms with Crippen LogP contribution in [-0.4, -0.2) is 27.5 Å². The van der Waals surface area contributed by atoms with E-state index in [4.69, 9.17) is 0 Å². The third kappa shape index (κ3) is 3.32. The Bertz CT molecular complexity index is 694. The topological polar surface area (TPSA) is 67.2 Å². The Balaban J connectivity index is 1.68. The lowest BCUT2D eigenvalue weighted by Crippen LogP contribution is -2.14. The van der Waals surface area contributed by atoms with E-state index in [1.54, 1.807) is 0 Å². The maximum absolute atomic E-state index is 11.2. The summed E-state index contributed by atoms with van der Waals surface area (Å²) in [6.45, 7) is 2.84. The number of carbonyl (C=O) groups is 1. The van der Waals surface area contributed by atoms with Gasteiger partial charge in [0.1, 0.15) is 5.82 Å². The lowest BCUT2D eigenvalue weighted by Gasteiger charge is -2.12. The molecule has 1 aromatic heterocycles. The first-order chi connectivity index (χ1) is 10.5. The van der Waals surface area contributed by atoms with Gasteiger partial charge < -0.3 is 10.4 Å². The van der Waals surface area contributed by atoms with Crippen molar-refractivity contribution in [1.29, 1.82) is 0 Å². The fourth-order valence-electron chi connectivity index (χ4n) is 2.49. The molecule has 22 heavy (non-hydrogen) atoms. The van der Waals surface area contributed by atoms with Crippen LogP contribution in [0.5, 0.6) is 0 Å². The van der Waals surface area contributed by atoms with E-state index in [0.717, 1.165) is 27.7 Å². The molecule has 1 fully saturated rings. The van der Waals surface area contributed by atoms with Crippen LogP contribution in [0, 0.1) is 0 Å². The normalized spacial score (nSPS) is 15.5. The summed E-state index contributed by atoms with van der Waals surface area (Å²) in [7, 11) is 0. The fourth-order valence-corrected chi connectivity index (χ4v) is 2.91. The molecule has 0 aliphatic heterocycles. The molecule has 1 saturated carbocycles. The first-order valence-corrected chi connectivity index (χ1v) is 8.16. The van der Waals surface area contributed by atoms with Crippen molar-refractivity contribution in [3.8, 4) is 0 Å². The SMILES string of the molecule is C[C@H](CNc1cc(C2CC2)n(C(=O)O)n1)c1cccc(Br)c1. The highest BCUT2D eigenvalue weighted by Gasteiger charge is 2.30. The molecule has 0 saturated heterocycles. The number of hydrogen-bond acceptors (Lipinski definition) is 3. The number of benzene rings is 1. The van der Waals surface area contributed by atoms with Gasteiger partial charge in [0.05, 0.1) is 5.69 Å². The van der Waals surface area contributed by atoms with Gasteiger partial charge in [0.25, 0.3) is 0 Å². The van der Waals surface area contributed by atoms with Gasteiger partial charge in [-0.1, -0.05) is 35.0 Å². The number of aromatic nitrogens is 2. The highest BCUT2D eigenvalue weighted by molar-refractivity contribution is 9.10. The number of rotatable bonds is 5. The molecule has 0 bridgehead atoms. The molecule has 0 radical (unpaired) electrons. The van der Waals surface area contributed by atoms with E-state index >= 15 is 0 Å². The smallest absolute Gasteiger partial charge is 0.432 e. The average Bonchev–Trinajstić information content (AvgIpc) is 3.24. The van der Waals surface area contributed by atoms with Gasteiger partial charge in [0.2, 0.25) is 0 Å². The van der Waals surface area contributed by atoms with E-state index in [9.17, 15) is 9.90 Å². The Hall–Kier alpha value is -1.82. The van der Waals surface area contributed by atoms with Crippen molar-refractivity contribution in [1.82, 2.24) is 9.78 Å². The van der Waals surface area contributed by atoms with Crippen LogP contribution < -0.4 is 5.32 Å². The third-order valence-corrected chi connectivity index (χ3v) is 4.41. The molecule has 2 aromatic rings. The Morgan fingerprint density at radius 2 is 2.27 bits per heavy atom. The number of nitrogens with one attached hydrogen (secondary N) is 1. The predicted molar refractivity (Wildman–Crippen MR) is 88.7 cm³/mol. The second kappa shape index (κ2) is 6.12. The number of carboxylic acid groups (broad SMARTS) is 1. The standard InChI is InChI=1S/C16H18BrN3O2/c1-10(12-3-2-4-13(17)7-12)9-18-15-8-14(11-5-6-11)20(19-15)16(21)22/h2-4,7-8,10-11H,5-6,9H2,1H3,(H,18,19)(H,21,22)/t10-/m1/s1. The maximum Gasteiger partial charge on any atom is 0.432 e. The van der Waals surface area contributed by atoms with Gasteiger partial charge in [-0.05, 0) is 36.5 Å². The molecule has 116 valence electrons. The summed E-state index contributed by atoms with van der Waals surface area (Å²) in [5.74, 6) is 1.28. The first-order valence-electron chi connectivity index (χ1n) is 7.37. The van der Waals surface area contributed by atoms with Crippen LogP contribution in [0.25, 0.3) is 0 Å². The number of anilines is 1. The second-order valence-corrected chi connectivity index (χ2v) is 6.68. The molecule has 1 aromatic carbocycles. The zero-order chi connectivity index (χ0) is 15.7. The van der Waals surface area contributed by atoms with Gasteiger partial charge in [0, 0.05) is 23.0 Å². The Kier molecular flexibility index (Phi) is 4.20. The minimum Gasteiger partial charge on any atom is -0.463 e. The lowest BCUT2D eigenvalue weighted by molar-refractivity contribution is 0.191. The predicted octanol–water partition coefficient (Wildman–Crippen LogP) is 4.26. The average molecular weight is 364 g/mol. The monoisotopic (exact) mass is 363 g/mol. The number of hydrogen-bond donors (Lipinski definition) is 2. The largest absolute Gasteiger partial charge is 0.463 e. The molecule has 1 heterocycles. The molecule has 5 nitrogen and oxygen atoms in total. The van der Waals surface area contributed by atoms with Gasteiger partial charge >= 0.3 is 6.09 Å². The lowest BCUT2D eigenvalue weighted by atomic mass is 10.0. The zero-order valence-corrected chi connectivity index (χ0v) is 13.9. The van der Waals surface area contributed by atoms with E-state index in [0.29, 0.717) is 24.2 Å². The molecule has 1 aliphatic carbocycles. The molecular weight excluding hydrogens is 346 g/mol. The summed E-state index contributed by atoms with van der Waals surface area (Å²) < 4.78 is 2.16. The molecule has 0 unspecified atom stereocenters. The second-order valence-electron chi connectivity index (χ2n) is 5.76. The zero-order valence-electron chi connectivity index (χ0n) is 12.3. The highest BCUT2D eigenvalue weighted by atomic mass is 79.9. The summed E-state index contributed by atoms with van der Waals surface area (Å²) >= 11 is 3.48. The molecule has 1 atom stereocenters. The fraction of sp³-hybridized carbons (Fsp3) is 0.375. The van der Waals surface area contributed by atoms with Gasteiger partial charge in [-0.3, -0.25) is 0 Å². The van der Waals surface area contributed by atoms with Crippen LogP contribution in [0.4, 0.5) is 10.6 Å². The van der Waals surface area contributed by atoms with Crippen molar-refractivity contribution in [2.45, 2.75) is 31.6 Å². The van der Waals surface area contributed by atoms with E-state index in [1.807, 2.05) is 18.2 Å². The maximum atomic E-state index is 11.2. The van der Waals surface area contributed by atoms with Gasteiger partial charge in [0.15, 0.2) is 0 Å². The van der Waals surface area contributed by atoms with Gasteiger partial charge in [-0.25, -0.2) is 4.79 Å². The van der Waals surface area contributed by atoms with E-state index < -0.39 is 6.09 Å². The number of halogens is 1. The van der Waals surface area contributed by atoms with Crippen molar-refractivity contribution < 1.29 is 9.90 Å². The molecule has 0 spiro atoms. The summed E-state index contributed by atoms with van der Waals surface area (Å²) in [5.41, 5.74) is 2.02. The quantitative estimate of drug-likeness (QED) is 0.832. The van der Waals surface area contributed by atoms with Crippen molar-refractivity contribution >= 4 is 27.8 Å². The molecule has 2 N–H and O–H groups in total. The Morgan fingerprint density at radius 1 is 1.50 bits per heavy atom. The minimum absolute atomic E-state index is 0.303. The molecular formula is C16H18BrN3O2. The van der Waals surface area contributed by atoms with Crippen LogP contribution in [0.2, 0.25) is 0 Å². The minimum atomic E-state index is -1.02. The molecule has 6 heteroatoms. The van der Waals surface area contributed by atoms with E-state index in [-0.39, 0.29) is 0 Å². The Morgan fingerprint density at radius 3 is 2.91 bits per heavy atom. The van der Waals surface area contributed by atoms with E-state index in [1.165, 1.54) is 5.56 Å². The Labute approximate surface area is 137 Å². The highest BCUT2D eigenvalue weighted by Crippen LogP contribution is 2.40. The van der Waals surface area contributed by atoms with E-state index in [2.05, 4.69) is 45.4 Å². The molecule has 1 aliphatic rings. The summed E-state index contributed by atoms with van der Waals surface area (Å²) in [6.07, 6.45) is 1.08. The van der Waals surface area contributed by atoms with Crippen LogP contribution in [0.3, 0.4) is 0 Å². The summed E-state index contributed by atoms with van der Waals surface area (Å²) in [4.78, 5) is 11.2. The van der Waals surface area contributed by atoms with Crippen molar-refractivity contribution in [2.75, 3.05) is 11.9 Å². The van der Waals surface area contributed by atoms with Crippen LogP contribution in [0.15, 0.2) is 34.8 Å². The summed E-state index contributed by atoms with van der Waals surface area (Å²) in [6, 6.07) is 10.1. The van der Waals surface area contributed by atoms with Crippen LogP contribution >= 0.6 is 15.9 Å². The van der Waals surface area contributed by atoms with Gasteiger partial charge in [-0.15, -0.1) is 5.10 Å². The van der Waals surface area contributed by atoms with Crippen molar-refractivity contribution in [2.24, 2.45) is 0 Å². The van der Waals surface area contributed by atoms with Gasteiger partial charge in [-0.2, -0.15) is 4.68 Å². The van der Waals surface area contributed by atoms with Crippen LogP contribution in [0.1, 0.15) is 42.9 Å².